The van der Waals surface area contributed by atoms with E-state index in [2.05, 4.69) is 10.0 Å². The first-order valence-electron chi connectivity index (χ1n) is 7.43. The Hall–Kier alpha value is -2.42. The predicted molar refractivity (Wildman–Crippen MR) is 97.3 cm³/mol. The average molecular weight is 376 g/mol. The second kappa shape index (κ2) is 6.83. The third kappa shape index (κ3) is 3.65. The SMILES string of the molecule is CNS(=O)(=O)c1ccc(CNC(=O)c2cc3ccccc3cc2O)s1. The molecule has 1 heterocycles. The van der Waals surface area contributed by atoms with Crippen LogP contribution in [0.1, 0.15) is 15.2 Å². The Balaban J connectivity index is 1.76. The van der Waals surface area contributed by atoms with Crippen LogP contribution in [0.5, 0.6) is 5.75 Å². The van der Waals surface area contributed by atoms with Gasteiger partial charge < -0.3 is 10.4 Å². The monoisotopic (exact) mass is 376 g/mol. The highest BCUT2D eigenvalue weighted by molar-refractivity contribution is 7.91. The lowest BCUT2D eigenvalue weighted by atomic mass is 10.1. The lowest BCUT2D eigenvalue weighted by molar-refractivity contribution is 0.0949. The molecule has 25 heavy (non-hydrogen) atoms. The highest BCUT2D eigenvalue weighted by atomic mass is 32.2. The Morgan fingerprint density at radius 1 is 1.12 bits per heavy atom. The van der Waals surface area contributed by atoms with Gasteiger partial charge in [0, 0.05) is 4.88 Å². The highest BCUT2D eigenvalue weighted by Crippen LogP contribution is 2.25. The Kier molecular flexibility index (Phi) is 4.76. The smallest absolute Gasteiger partial charge is 0.255 e. The normalized spacial score (nSPS) is 11.6. The van der Waals surface area contributed by atoms with Crippen molar-refractivity contribution in [1.82, 2.24) is 10.0 Å². The summed E-state index contributed by atoms with van der Waals surface area (Å²) in [4.78, 5) is 13.0. The summed E-state index contributed by atoms with van der Waals surface area (Å²) in [5.41, 5.74) is 0.179. The van der Waals surface area contributed by atoms with Gasteiger partial charge in [-0.1, -0.05) is 24.3 Å². The molecular weight excluding hydrogens is 360 g/mol. The summed E-state index contributed by atoms with van der Waals surface area (Å²) >= 11 is 1.08. The van der Waals surface area contributed by atoms with Gasteiger partial charge in [0.2, 0.25) is 10.0 Å². The zero-order chi connectivity index (χ0) is 18.0. The summed E-state index contributed by atoms with van der Waals surface area (Å²) < 4.78 is 25.9. The zero-order valence-corrected chi connectivity index (χ0v) is 14.9. The summed E-state index contributed by atoms with van der Waals surface area (Å²) in [7, 11) is -2.14. The topological polar surface area (TPSA) is 95.5 Å². The van der Waals surface area contributed by atoms with Crippen LogP contribution in [-0.2, 0) is 16.6 Å². The third-order valence-electron chi connectivity index (χ3n) is 3.70. The van der Waals surface area contributed by atoms with Gasteiger partial charge in [-0.3, -0.25) is 4.79 Å². The molecule has 0 fully saturated rings. The number of carbonyl (C=O) groups is 1. The van der Waals surface area contributed by atoms with Crippen molar-refractivity contribution < 1.29 is 18.3 Å². The van der Waals surface area contributed by atoms with Crippen molar-refractivity contribution in [2.24, 2.45) is 0 Å². The van der Waals surface area contributed by atoms with Gasteiger partial charge >= 0.3 is 0 Å². The molecule has 1 amide bonds. The largest absolute Gasteiger partial charge is 0.507 e. The molecule has 0 atom stereocenters. The van der Waals surface area contributed by atoms with Crippen molar-refractivity contribution in [1.29, 1.82) is 0 Å². The number of hydrogen-bond donors (Lipinski definition) is 3. The first-order chi connectivity index (χ1) is 11.9. The molecule has 130 valence electrons. The molecule has 6 nitrogen and oxygen atoms in total. The van der Waals surface area contributed by atoms with Crippen LogP contribution in [0.2, 0.25) is 0 Å². The number of thiophene rings is 1. The Morgan fingerprint density at radius 2 is 1.80 bits per heavy atom. The Labute approximate surface area is 149 Å². The van der Waals surface area contributed by atoms with E-state index in [1.165, 1.54) is 13.1 Å². The van der Waals surface area contributed by atoms with Crippen LogP contribution < -0.4 is 10.0 Å². The molecule has 0 unspecified atom stereocenters. The standard InChI is InChI=1S/C17H16N2O4S2/c1-18-25(22,23)16-7-6-13(24-16)10-19-17(21)14-8-11-4-2-3-5-12(11)9-15(14)20/h2-9,18,20H,10H2,1H3,(H,19,21). The second-order valence-corrected chi connectivity index (χ2v) is 8.61. The number of benzene rings is 2. The van der Waals surface area contributed by atoms with Crippen molar-refractivity contribution in [2.75, 3.05) is 7.05 Å². The maximum Gasteiger partial charge on any atom is 0.255 e. The molecule has 0 aliphatic heterocycles. The minimum atomic E-state index is -3.48. The molecule has 0 spiro atoms. The molecule has 0 aliphatic rings. The summed E-state index contributed by atoms with van der Waals surface area (Å²) in [6.45, 7) is 0.176. The fraction of sp³-hybridized carbons (Fsp3) is 0.118. The maximum absolute atomic E-state index is 12.3. The van der Waals surface area contributed by atoms with E-state index in [0.717, 1.165) is 22.1 Å². The van der Waals surface area contributed by atoms with E-state index in [0.29, 0.717) is 4.88 Å². The van der Waals surface area contributed by atoms with Gasteiger partial charge in [0.1, 0.15) is 9.96 Å². The maximum atomic E-state index is 12.3. The first-order valence-corrected chi connectivity index (χ1v) is 9.73. The van der Waals surface area contributed by atoms with E-state index in [1.54, 1.807) is 18.2 Å². The Bertz CT molecular complexity index is 1040. The number of rotatable bonds is 5. The number of amides is 1. The van der Waals surface area contributed by atoms with Gasteiger partial charge in [-0.15, -0.1) is 11.3 Å². The first kappa shape index (κ1) is 17.4. The molecule has 0 aliphatic carbocycles. The van der Waals surface area contributed by atoms with Gasteiger partial charge in [-0.05, 0) is 42.1 Å². The van der Waals surface area contributed by atoms with Gasteiger partial charge in [0.05, 0.1) is 12.1 Å². The summed E-state index contributed by atoms with van der Waals surface area (Å²) in [5.74, 6) is -0.518. The lowest BCUT2D eigenvalue weighted by Crippen LogP contribution is -2.22. The van der Waals surface area contributed by atoms with E-state index in [-0.39, 0.29) is 22.1 Å². The molecular formula is C17H16N2O4S2. The predicted octanol–water partition coefficient (Wildman–Crippen LogP) is 2.45. The summed E-state index contributed by atoms with van der Waals surface area (Å²) in [6.07, 6.45) is 0. The van der Waals surface area contributed by atoms with Crippen molar-refractivity contribution in [3.63, 3.8) is 0 Å². The van der Waals surface area contributed by atoms with Crippen LogP contribution in [-0.4, -0.2) is 26.5 Å². The number of nitrogens with one attached hydrogen (secondary N) is 2. The van der Waals surface area contributed by atoms with Crippen molar-refractivity contribution in [3.05, 3.63) is 59.0 Å². The van der Waals surface area contributed by atoms with Crippen LogP contribution in [0.25, 0.3) is 10.8 Å². The van der Waals surface area contributed by atoms with E-state index >= 15 is 0 Å². The highest BCUT2D eigenvalue weighted by Gasteiger charge is 2.16. The fourth-order valence-electron chi connectivity index (χ4n) is 2.37. The van der Waals surface area contributed by atoms with Crippen molar-refractivity contribution in [3.8, 4) is 5.75 Å². The van der Waals surface area contributed by atoms with Crippen LogP contribution in [0.3, 0.4) is 0 Å². The fourth-order valence-corrected chi connectivity index (χ4v) is 4.50. The quantitative estimate of drug-likeness (QED) is 0.637. The number of fused-ring (bicyclic) bond motifs is 1. The molecule has 3 N–H and O–H groups in total. The number of phenolic OH excluding ortho intramolecular Hbond substituents is 1. The number of hydrogen-bond acceptors (Lipinski definition) is 5. The molecule has 0 saturated heterocycles. The van der Waals surface area contributed by atoms with Gasteiger partial charge in [-0.2, -0.15) is 0 Å². The number of phenols is 1. The second-order valence-electron chi connectivity index (χ2n) is 5.33. The molecule has 3 aromatic rings. The molecule has 8 heteroatoms. The third-order valence-corrected chi connectivity index (χ3v) is 6.69. The summed E-state index contributed by atoms with van der Waals surface area (Å²) in [5, 5.41) is 14.5. The van der Waals surface area contributed by atoms with E-state index in [4.69, 9.17) is 0 Å². The minimum absolute atomic E-state index is 0.0965. The van der Waals surface area contributed by atoms with Crippen molar-refractivity contribution >= 4 is 38.0 Å². The molecule has 0 saturated carbocycles. The van der Waals surface area contributed by atoms with Gasteiger partial charge in [0.15, 0.2) is 0 Å². The molecule has 2 aromatic carbocycles. The molecule has 3 rings (SSSR count). The summed E-state index contributed by atoms with van der Waals surface area (Å²) in [6, 6.07) is 13.7. The number of aromatic hydroxyl groups is 1. The molecule has 0 radical (unpaired) electrons. The van der Waals surface area contributed by atoms with Gasteiger partial charge in [-0.25, -0.2) is 13.1 Å². The lowest BCUT2D eigenvalue weighted by Gasteiger charge is -2.08. The van der Waals surface area contributed by atoms with E-state index in [1.807, 2.05) is 24.3 Å². The van der Waals surface area contributed by atoms with Crippen molar-refractivity contribution in [2.45, 2.75) is 10.8 Å². The molecule has 0 bridgehead atoms. The number of carbonyl (C=O) groups excluding carboxylic acids is 1. The van der Waals surface area contributed by atoms with Crippen LogP contribution >= 0.6 is 11.3 Å². The number of sulfonamides is 1. The van der Waals surface area contributed by atoms with Crippen LogP contribution in [0.4, 0.5) is 0 Å². The Morgan fingerprint density at radius 3 is 2.48 bits per heavy atom. The molecule has 1 aromatic heterocycles. The van der Waals surface area contributed by atoms with E-state index in [9.17, 15) is 18.3 Å². The van der Waals surface area contributed by atoms with Crippen LogP contribution in [0, 0.1) is 0 Å². The average Bonchev–Trinajstić information content (AvgIpc) is 3.09. The zero-order valence-electron chi connectivity index (χ0n) is 13.3. The van der Waals surface area contributed by atoms with E-state index < -0.39 is 15.9 Å². The minimum Gasteiger partial charge on any atom is -0.507 e. The van der Waals surface area contributed by atoms with Crippen LogP contribution in [0.15, 0.2) is 52.7 Å². The van der Waals surface area contributed by atoms with Gasteiger partial charge in [0.25, 0.3) is 5.91 Å².